The molecule has 5 aromatic rings. The zero-order valence-corrected chi connectivity index (χ0v) is 26.3. The van der Waals surface area contributed by atoms with Gasteiger partial charge in [-0.1, -0.05) is 55.0 Å². The van der Waals surface area contributed by atoms with Crippen LogP contribution in [0.15, 0.2) is 95.9 Å². The number of carbonyl (C=O) groups excluding carboxylic acids is 2. The van der Waals surface area contributed by atoms with Gasteiger partial charge in [-0.15, -0.1) is 0 Å². The molecule has 5 rings (SSSR count). The van der Waals surface area contributed by atoms with Crippen LogP contribution in [0.5, 0.6) is 0 Å². The molecule has 0 aliphatic heterocycles. The number of amides is 2. The molecule has 2 N–H and O–H groups in total. The number of fused-ring (bicyclic) bond motifs is 1. The molecule has 1 unspecified atom stereocenters. The van der Waals surface area contributed by atoms with Crippen molar-refractivity contribution in [1.29, 1.82) is 0 Å². The molecular weight excluding hydrogens is 572 g/mol. The molecule has 0 aliphatic carbocycles. The van der Waals surface area contributed by atoms with Crippen LogP contribution in [0.4, 0.5) is 5.69 Å². The van der Waals surface area contributed by atoms with E-state index in [1.54, 1.807) is 31.2 Å². The zero-order valence-electron chi connectivity index (χ0n) is 25.5. The van der Waals surface area contributed by atoms with Gasteiger partial charge in [-0.2, -0.15) is 0 Å². The van der Waals surface area contributed by atoms with Crippen molar-refractivity contribution in [2.24, 2.45) is 0 Å². The minimum Gasteiger partial charge on any atom is -0.341 e. The molecule has 1 aromatic heterocycles. The Labute approximate surface area is 258 Å². The maximum absolute atomic E-state index is 13.4. The third kappa shape index (κ3) is 6.43. The fourth-order valence-electron chi connectivity index (χ4n) is 5.25. The first-order valence-electron chi connectivity index (χ1n) is 14.5. The predicted octanol–water partition coefficient (Wildman–Crippen LogP) is 6.54. The maximum atomic E-state index is 13.4. The van der Waals surface area contributed by atoms with Crippen molar-refractivity contribution in [3.8, 4) is 11.4 Å². The van der Waals surface area contributed by atoms with Gasteiger partial charge >= 0.3 is 0 Å². The smallest absolute Gasteiger partial charge is 0.251 e. The normalized spacial score (nSPS) is 12.9. The van der Waals surface area contributed by atoms with Crippen molar-refractivity contribution >= 4 is 38.4 Å². The van der Waals surface area contributed by atoms with E-state index in [0.717, 1.165) is 28.0 Å². The van der Waals surface area contributed by atoms with Crippen LogP contribution in [0.3, 0.4) is 0 Å². The van der Waals surface area contributed by atoms with Gasteiger partial charge in [0.1, 0.15) is 11.9 Å². The lowest BCUT2D eigenvalue weighted by Crippen LogP contribution is -2.35. The van der Waals surface area contributed by atoms with Crippen molar-refractivity contribution < 1.29 is 18.0 Å². The summed E-state index contributed by atoms with van der Waals surface area (Å²) >= 11 is 0. The molecular formula is C35H36N4O4S. The molecule has 2 atom stereocenters. The van der Waals surface area contributed by atoms with Crippen molar-refractivity contribution in [2.75, 3.05) is 11.1 Å². The predicted molar refractivity (Wildman–Crippen MR) is 174 cm³/mol. The second kappa shape index (κ2) is 12.5. The van der Waals surface area contributed by atoms with Crippen molar-refractivity contribution in [3.63, 3.8) is 0 Å². The minimum absolute atomic E-state index is 0.0221. The summed E-state index contributed by atoms with van der Waals surface area (Å²) in [6, 6.07) is 27.2. The number of carbonyl (C=O) groups is 2. The van der Waals surface area contributed by atoms with Crippen LogP contribution in [0.1, 0.15) is 55.1 Å². The summed E-state index contributed by atoms with van der Waals surface area (Å²) in [5.74, 6) is -0.0502. The Hall–Kier alpha value is -4.76. The van der Waals surface area contributed by atoms with E-state index in [4.69, 9.17) is 4.98 Å². The molecule has 0 spiro atoms. The molecule has 0 saturated carbocycles. The van der Waals surface area contributed by atoms with Gasteiger partial charge in [0.15, 0.2) is 9.84 Å². The first-order chi connectivity index (χ1) is 21.0. The Morgan fingerprint density at radius 2 is 1.45 bits per heavy atom. The molecule has 4 aromatic carbocycles. The molecule has 44 heavy (non-hydrogen) atoms. The molecule has 9 heteroatoms. The molecule has 8 nitrogen and oxygen atoms in total. The lowest BCUT2D eigenvalue weighted by atomic mass is 10.0. The Kier molecular flexibility index (Phi) is 8.69. The Balaban J connectivity index is 1.44. The van der Waals surface area contributed by atoms with E-state index in [1.165, 1.54) is 30.2 Å². The highest BCUT2D eigenvalue weighted by Gasteiger charge is 2.24. The van der Waals surface area contributed by atoms with E-state index < -0.39 is 21.8 Å². The molecule has 1 heterocycles. The summed E-state index contributed by atoms with van der Waals surface area (Å²) in [6.07, 6.45) is 0. The second-order valence-corrected chi connectivity index (χ2v) is 13.3. The number of anilines is 1. The number of aryl methyl sites for hydroxylation is 2. The fourth-order valence-corrected chi connectivity index (χ4v) is 6.13. The first-order valence-corrected chi connectivity index (χ1v) is 16.2. The van der Waals surface area contributed by atoms with Gasteiger partial charge in [-0.3, -0.25) is 9.59 Å². The summed E-state index contributed by atoms with van der Waals surface area (Å²) in [4.78, 5) is 30.5. The van der Waals surface area contributed by atoms with Gasteiger partial charge in [0.25, 0.3) is 5.91 Å². The number of sulfone groups is 1. The van der Waals surface area contributed by atoms with Crippen LogP contribution < -0.4 is 10.6 Å². The quantitative estimate of drug-likeness (QED) is 0.198. The van der Waals surface area contributed by atoms with Crippen molar-refractivity contribution in [3.05, 3.63) is 113 Å². The third-order valence-electron chi connectivity index (χ3n) is 7.77. The van der Waals surface area contributed by atoms with Crippen LogP contribution in [-0.2, 0) is 19.4 Å². The average Bonchev–Trinajstić information content (AvgIpc) is 3.38. The minimum atomic E-state index is -3.39. The topological polar surface area (TPSA) is 110 Å². The van der Waals surface area contributed by atoms with Gasteiger partial charge in [0.2, 0.25) is 5.91 Å². The largest absolute Gasteiger partial charge is 0.341 e. The van der Waals surface area contributed by atoms with Crippen LogP contribution in [0.25, 0.3) is 22.4 Å². The third-order valence-corrected chi connectivity index (χ3v) is 9.52. The SMILES string of the molecule is CCS(=O)(=O)c1ccc(C(NC(C)=O)C(=O)Nc2ccc(-c3nc4ccc(C)cc4n3[C@H](C)c3ccc(C)cc3)cc2)cc1. The summed E-state index contributed by atoms with van der Waals surface area (Å²) in [7, 11) is -3.39. The van der Waals surface area contributed by atoms with Gasteiger partial charge in [0.05, 0.1) is 27.7 Å². The van der Waals surface area contributed by atoms with E-state index in [2.05, 4.69) is 72.4 Å². The number of aromatic nitrogens is 2. The van der Waals surface area contributed by atoms with Gasteiger partial charge in [0, 0.05) is 18.2 Å². The summed E-state index contributed by atoms with van der Waals surface area (Å²) in [5, 5.41) is 5.55. The van der Waals surface area contributed by atoms with Crippen molar-refractivity contribution in [1.82, 2.24) is 14.9 Å². The number of nitrogens with zero attached hydrogens (tertiary/aromatic N) is 2. The number of benzene rings is 4. The summed E-state index contributed by atoms with van der Waals surface area (Å²) < 4.78 is 26.7. The highest BCUT2D eigenvalue weighted by atomic mass is 32.2. The Morgan fingerprint density at radius 1 is 0.841 bits per heavy atom. The second-order valence-electron chi connectivity index (χ2n) is 11.1. The Bertz CT molecular complexity index is 1930. The maximum Gasteiger partial charge on any atom is 0.251 e. The van der Waals surface area contributed by atoms with Gasteiger partial charge in [-0.05, 0) is 86.0 Å². The van der Waals surface area contributed by atoms with E-state index >= 15 is 0 Å². The van der Waals surface area contributed by atoms with E-state index in [-0.39, 0.29) is 22.6 Å². The van der Waals surface area contributed by atoms with Crippen LogP contribution in [0.2, 0.25) is 0 Å². The first kappa shape index (κ1) is 30.7. The zero-order chi connectivity index (χ0) is 31.6. The number of rotatable bonds is 9. The van der Waals surface area contributed by atoms with E-state index in [1.807, 2.05) is 18.2 Å². The van der Waals surface area contributed by atoms with Crippen LogP contribution >= 0.6 is 0 Å². The summed E-state index contributed by atoms with van der Waals surface area (Å²) in [5.41, 5.74) is 7.37. The lowest BCUT2D eigenvalue weighted by Gasteiger charge is -2.20. The molecule has 0 radical (unpaired) electrons. The highest BCUT2D eigenvalue weighted by Crippen LogP contribution is 2.33. The molecule has 0 fully saturated rings. The fraction of sp³-hybridized carbons (Fsp3) is 0.229. The standard InChI is InChI=1S/C35H36N4O4S/c1-6-44(42,43)30-18-14-27(15-19-30)33(36-25(5)40)35(41)37-29-16-12-28(13-17-29)34-38-31-20-9-23(3)21-32(31)39(34)24(4)26-10-7-22(2)8-11-26/h7-21,24,33H,6H2,1-5H3,(H,36,40)(H,37,41)/t24-,33?/m1/s1. The molecule has 0 aliphatic rings. The molecule has 0 saturated heterocycles. The number of nitrogens with one attached hydrogen (secondary N) is 2. The lowest BCUT2D eigenvalue weighted by molar-refractivity contribution is -0.125. The molecule has 226 valence electrons. The molecule has 0 bridgehead atoms. The average molecular weight is 609 g/mol. The van der Waals surface area contributed by atoms with Gasteiger partial charge < -0.3 is 15.2 Å². The van der Waals surface area contributed by atoms with Crippen LogP contribution in [0, 0.1) is 13.8 Å². The van der Waals surface area contributed by atoms with Gasteiger partial charge in [-0.25, -0.2) is 13.4 Å². The van der Waals surface area contributed by atoms with Crippen LogP contribution in [-0.4, -0.2) is 35.5 Å². The number of imidazole rings is 1. The highest BCUT2D eigenvalue weighted by molar-refractivity contribution is 7.91. The number of hydrogen-bond acceptors (Lipinski definition) is 5. The Morgan fingerprint density at radius 3 is 2.07 bits per heavy atom. The van der Waals surface area contributed by atoms with Crippen molar-refractivity contribution in [2.45, 2.75) is 51.6 Å². The number of hydrogen-bond donors (Lipinski definition) is 2. The summed E-state index contributed by atoms with van der Waals surface area (Å²) in [6.45, 7) is 9.21. The molecule has 2 amide bonds. The van der Waals surface area contributed by atoms with E-state index in [9.17, 15) is 18.0 Å². The van der Waals surface area contributed by atoms with E-state index in [0.29, 0.717) is 11.3 Å². The monoisotopic (exact) mass is 608 g/mol.